The fourth-order valence-electron chi connectivity index (χ4n) is 2.21. The zero-order chi connectivity index (χ0) is 11.0. The molecule has 16 heavy (non-hydrogen) atoms. The Hall–Kier alpha value is -1.51. The highest BCUT2D eigenvalue weighted by atomic mass is 16.4. The largest absolute Gasteiger partial charge is 0.424 e. The van der Waals surface area contributed by atoms with Crippen molar-refractivity contribution in [3.63, 3.8) is 0 Å². The second-order valence-corrected chi connectivity index (χ2v) is 4.52. The topological polar surface area (TPSA) is 38.1 Å². The highest BCUT2D eigenvalue weighted by molar-refractivity contribution is 5.74. The molecule has 0 radical (unpaired) electrons. The van der Waals surface area contributed by atoms with Crippen molar-refractivity contribution < 1.29 is 4.42 Å². The molecular weight excluding hydrogens is 200 g/mol. The molecule has 1 fully saturated rings. The summed E-state index contributed by atoms with van der Waals surface area (Å²) in [6.07, 6.45) is 3.82. The zero-order valence-corrected chi connectivity index (χ0v) is 9.44. The molecule has 3 nitrogen and oxygen atoms in total. The van der Waals surface area contributed by atoms with Gasteiger partial charge in [0.1, 0.15) is 5.52 Å². The summed E-state index contributed by atoms with van der Waals surface area (Å²) in [6.45, 7) is 2.23. The fraction of sp³-hybridized carbons (Fsp3) is 0.462. The Morgan fingerprint density at radius 3 is 3.12 bits per heavy atom. The minimum absolute atomic E-state index is 0.577. The summed E-state index contributed by atoms with van der Waals surface area (Å²) < 4.78 is 5.62. The maximum atomic E-state index is 5.62. The number of anilines is 1. The van der Waals surface area contributed by atoms with Crippen molar-refractivity contribution in [2.75, 3.05) is 5.32 Å². The van der Waals surface area contributed by atoms with Crippen LogP contribution < -0.4 is 5.32 Å². The molecule has 2 atom stereocenters. The summed E-state index contributed by atoms with van der Waals surface area (Å²) in [7, 11) is 0. The molecular formula is C13H16N2O. The van der Waals surface area contributed by atoms with Gasteiger partial charge in [0.15, 0.2) is 5.58 Å². The van der Waals surface area contributed by atoms with Crippen LogP contribution in [-0.4, -0.2) is 11.0 Å². The molecule has 2 unspecified atom stereocenters. The molecule has 1 heterocycles. The van der Waals surface area contributed by atoms with Crippen LogP contribution in [0, 0.1) is 5.92 Å². The first-order chi connectivity index (χ1) is 7.86. The summed E-state index contributed by atoms with van der Waals surface area (Å²) in [5.74, 6) is 0.819. The predicted molar refractivity (Wildman–Crippen MR) is 64.4 cm³/mol. The van der Waals surface area contributed by atoms with Crippen molar-refractivity contribution in [1.82, 2.24) is 4.98 Å². The highest BCUT2D eigenvalue weighted by Crippen LogP contribution is 2.37. The maximum Gasteiger partial charge on any atom is 0.295 e. The first-order valence-electron chi connectivity index (χ1n) is 5.99. The summed E-state index contributed by atoms with van der Waals surface area (Å²) in [5.41, 5.74) is 1.79. The lowest BCUT2D eigenvalue weighted by molar-refractivity contribution is 0.606. The van der Waals surface area contributed by atoms with Crippen LogP contribution in [0.5, 0.6) is 0 Å². The third-order valence-electron chi connectivity index (χ3n) is 3.18. The van der Waals surface area contributed by atoms with Gasteiger partial charge in [0.25, 0.3) is 6.01 Å². The van der Waals surface area contributed by atoms with Crippen molar-refractivity contribution in [3.05, 3.63) is 24.3 Å². The molecule has 0 amide bonds. The Morgan fingerprint density at radius 2 is 2.31 bits per heavy atom. The van der Waals surface area contributed by atoms with Gasteiger partial charge >= 0.3 is 0 Å². The van der Waals surface area contributed by atoms with Gasteiger partial charge in [-0.1, -0.05) is 25.5 Å². The van der Waals surface area contributed by atoms with Crippen molar-refractivity contribution >= 4 is 17.1 Å². The van der Waals surface area contributed by atoms with Gasteiger partial charge in [0.2, 0.25) is 0 Å². The monoisotopic (exact) mass is 216 g/mol. The first-order valence-corrected chi connectivity index (χ1v) is 5.99. The van der Waals surface area contributed by atoms with Crippen LogP contribution in [0.25, 0.3) is 11.1 Å². The third kappa shape index (κ3) is 1.77. The number of hydrogen-bond donors (Lipinski definition) is 1. The number of nitrogens with zero attached hydrogens (tertiary/aromatic N) is 1. The fourth-order valence-corrected chi connectivity index (χ4v) is 2.21. The molecule has 0 spiro atoms. The number of rotatable bonds is 4. The Kier molecular flexibility index (Phi) is 2.31. The van der Waals surface area contributed by atoms with E-state index in [1.54, 1.807) is 0 Å². The maximum absolute atomic E-state index is 5.62. The minimum Gasteiger partial charge on any atom is -0.424 e. The normalized spacial score (nSPS) is 23.6. The van der Waals surface area contributed by atoms with Crippen LogP contribution in [-0.2, 0) is 0 Å². The van der Waals surface area contributed by atoms with Gasteiger partial charge in [-0.15, -0.1) is 0 Å². The summed E-state index contributed by atoms with van der Waals surface area (Å²) >= 11 is 0. The molecule has 84 valence electrons. The van der Waals surface area contributed by atoms with E-state index in [-0.39, 0.29) is 0 Å². The molecule has 0 aliphatic heterocycles. The van der Waals surface area contributed by atoms with E-state index in [1.807, 2.05) is 24.3 Å². The average molecular weight is 216 g/mol. The van der Waals surface area contributed by atoms with Gasteiger partial charge in [0, 0.05) is 6.04 Å². The van der Waals surface area contributed by atoms with E-state index in [4.69, 9.17) is 4.42 Å². The van der Waals surface area contributed by atoms with Gasteiger partial charge < -0.3 is 9.73 Å². The van der Waals surface area contributed by atoms with Crippen LogP contribution in [0.3, 0.4) is 0 Å². The van der Waals surface area contributed by atoms with Crippen molar-refractivity contribution in [1.29, 1.82) is 0 Å². The van der Waals surface area contributed by atoms with E-state index in [0.717, 1.165) is 17.0 Å². The van der Waals surface area contributed by atoms with Crippen LogP contribution in [0.15, 0.2) is 28.7 Å². The highest BCUT2D eigenvalue weighted by Gasteiger charge is 2.36. The Balaban J connectivity index is 1.71. The Bertz CT molecular complexity index is 458. The van der Waals surface area contributed by atoms with Crippen LogP contribution in [0.1, 0.15) is 26.2 Å². The lowest BCUT2D eigenvalue weighted by atomic mass is 10.2. The number of aromatic nitrogens is 1. The quantitative estimate of drug-likeness (QED) is 0.850. The minimum atomic E-state index is 0.577. The Labute approximate surface area is 94.9 Å². The number of benzene rings is 1. The molecule has 1 saturated carbocycles. The Morgan fingerprint density at radius 1 is 1.44 bits per heavy atom. The average Bonchev–Trinajstić information content (AvgIpc) is 2.88. The number of fused-ring (bicyclic) bond motifs is 1. The molecule has 1 aromatic carbocycles. The van der Waals surface area contributed by atoms with Crippen LogP contribution in [0.4, 0.5) is 6.01 Å². The van der Waals surface area contributed by atoms with Gasteiger partial charge in [0.05, 0.1) is 0 Å². The molecule has 0 saturated heterocycles. The SMILES string of the molecule is CCCC1CC1Nc1nc2ccccc2o1. The molecule has 2 aromatic rings. The van der Waals surface area contributed by atoms with Gasteiger partial charge in [-0.2, -0.15) is 4.98 Å². The second-order valence-electron chi connectivity index (χ2n) is 4.52. The van der Waals surface area contributed by atoms with Crippen molar-refractivity contribution in [2.24, 2.45) is 5.92 Å². The summed E-state index contributed by atoms with van der Waals surface area (Å²) in [4.78, 5) is 4.41. The molecule has 1 aromatic heterocycles. The smallest absolute Gasteiger partial charge is 0.295 e. The molecule has 1 N–H and O–H groups in total. The summed E-state index contributed by atoms with van der Waals surface area (Å²) in [5, 5.41) is 3.36. The zero-order valence-electron chi connectivity index (χ0n) is 9.44. The lowest BCUT2D eigenvalue weighted by Crippen LogP contribution is -2.04. The number of oxazole rings is 1. The van der Waals surface area contributed by atoms with E-state index in [9.17, 15) is 0 Å². The van der Waals surface area contributed by atoms with Gasteiger partial charge in [-0.3, -0.25) is 0 Å². The van der Waals surface area contributed by atoms with E-state index < -0.39 is 0 Å². The van der Waals surface area contributed by atoms with Crippen molar-refractivity contribution in [2.45, 2.75) is 32.2 Å². The number of para-hydroxylation sites is 2. The predicted octanol–water partition coefficient (Wildman–Crippen LogP) is 3.43. The van der Waals surface area contributed by atoms with E-state index in [0.29, 0.717) is 12.1 Å². The standard InChI is InChI=1S/C13H16N2O/c1-2-5-9-8-11(9)15-13-14-10-6-3-4-7-12(10)16-13/h3-4,6-7,9,11H,2,5,8H2,1H3,(H,14,15). The second kappa shape index (κ2) is 3.81. The van der Waals surface area contributed by atoms with E-state index >= 15 is 0 Å². The molecule has 3 rings (SSSR count). The van der Waals surface area contributed by atoms with E-state index in [1.165, 1.54) is 19.3 Å². The molecule has 1 aliphatic rings. The number of hydrogen-bond acceptors (Lipinski definition) is 3. The molecule has 0 bridgehead atoms. The van der Waals surface area contributed by atoms with Crippen LogP contribution >= 0.6 is 0 Å². The first kappa shape index (κ1) is 9.70. The van der Waals surface area contributed by atoms with Crippen LogP contribution in [0.2, 0.25) is 0 Å². The molecule has 3 heteroatoms. The summed E-state index contributed by atoms with van der Waals surface area (Å²) in [6, 6.07) is 9.11. The van der Waals surface area contributed by atoms with Gasteiger partial charge in [-0.25, -0.2) is 0 Å². The van der Waals surface area contributed by atoms with Crippen molar-refractivity contribution in [3.8, 4) is 0 Å². The molecule has 1 aliphatic carbocycles. The van der Waals surface area contributed by atoms with E-state index in [2.05, 4.69) is 17.2 Å². The number of nitrogens with one attached hydrogen (secondary N) is 1. The van der Waals surface area contributed by atoms with Gasteiger partial charge in [-0.05, 0) is 30.9 Å². The lowest BCUT2D eigenvalue weighted by Gasteiger charge is -1.98. The third-order valence-corrected chi connectivity index (χ3v) is 3.18.